The summed E-state index contributed by atoms with van der Waals surface area (Å²) >= 11 is 0. The Hall–Kier alpha value is -4.00. The van der Waals surface area contributed by atoms with Crippen molar-refractivity contribution in [2.24, 2.45) is 0 Å². The lowest BCUT2D eigenvalue weighted by Crippen LogP contribution is -2.48. The second kappa shape index (κ2) is 14.3. The molecule has 0 bridgehead atoms. The minimum atomic E-state index is -3.48. The van der Waals surface area contributed by atoms with Crippen molar-refractivity contribution in [3.63, 3.8) is 0 Å². The van der Waals surface area contributed by atoms with E-state index in [1.54, 1.807) is 30.3 Å². The van der Waals surface area contributed by atoms with Crippen LogP contribution in [0, 0.1) is 10.1 Å². The van der Waals surface area contributed by atoms with Crippen molar-refractivity contribution in [2.45, 2.75) is 44.9 Å². The van der Waals surface area contributed by atoms with Gasteiger partial charge in [0.05, 0.1) is 28.5 Å². The zero-order valence-corrected chi connectivity index (χ0v) is 24.3. The molecule has 1 saturated heterocycles. The molecule has 0 spiro atoms. The van der Waals surface area contributed by atoms with E-state index < -0.39 is 33.0 Å². The molecule has 11 nitrogen and oxygen atoms in total. The van der Waals surface area contributed by atoms with Gasteiger partial charge >= 0.3 is 0 Å². The van der Waals surface area contributed by atoms with E-state index in [9.17, 15) is 28.4 Å². The summed E-state index contributed by atoms with van der Waals surface area (Å²) < 4.78 is 26.9. The normalized spacial score (nSPS) is 15.9. The number of nitro groups is 1. The fraction of sp³-hybridized carbons (Fsp3) is 0.367. The smallest absolute Gasteiger partial charge is 0.269 e. The van der Waals surface area contributed by atoms with Gasteiger partial charge in [-0.15, -0.1) is 0 Å². The highest BCUT2D eigenvalue weighted by molar-refractivity contribution is 7.92. The molecule has 4 N–H and O–H groups in total. The molecule has 1 unspecified atom stereocenters. The molecule has 4 rings (SSSR count). The molecule has 1 fully saturated rings. The summed E-state index contributed by atoms with van der Waals surface area (Å²) in [7, 11) is -3.48. The van der Waals surface area contributed by atoms with E-state index in [0.717, 1.165) is 12.0 Å². The fourth-order valence-electron chi connectivity index (χ4n) is 4.96. The first-order valence-electron chi connectivity index (χ1n) is 14.0. The summed E-state index contributed by atoms with van der Waals surface area (Å²) in [5, 5.41) is 31.5. The van der Waals surface area contributed by atoms with Gasteiger partial charge in [0.15, 0.2) is 0 Å². The highest BCUT2D eigenvalue weighted by Gasteiger charge is 2.28. The topological polar surface area (TPSA) is 154 Å². The molecule has 1 heterocycles. The minimum absolute atomic E-state index is 0.0134. The van der Waals surface area contributed by atoms with E-state index in [2.05, 4.69) is 16.0 Å². The summed E-state index contributed by atoms with van der Waals surface area (Å²) in [5.41, 5.74) is 2.93. The Morgan fingerprint density at radius 3 is 2.52 bits per heavy atom. The quantitative estimate of drug-likeness (QED) is 0.173. The third-order valence-electron chi connectivity index (χ3n) is 7.08. The zero-order valence-electron chi connectivity index (χ0n) is 23.5. The molecule has 0 aliphatic carbocycles. The Morgan fingerprint density at radius 1 is 1.05 bits per heavy atom. The largest absolute Gasteiger partial charge is 0.390 e. The number of nitrogens with zero attached hydrogens (tertiary/aromatic N) is 2. The number of anilines is 2. The number of nitrogens with one attached hydrogen (secondary N) is 3. The van der Waals surface area contributed by atoms with Crippen molar-refractivity contribution < 1.29 is 23.2 Å². The minimum Gasteiger partial charge on any atom is -0.390 e. The van der Waals surface area contributed by atoms with Gasteiger partial charge in [0.25, 0.3) is 11.6 Å². The van der Waals surface area contributed by atoms with Crippen LogP contribution in [0.4, 0.5) is 17.1 Å². The van der Waals surface area contributed by atoms with Gasteiger partial charge in [0.2, 0.25) is 10.0 Å². The van der Waals surface area contributed by atoms with Crippen LogP contribution in [0.5, 0.6) is 0 Å². The number of benzene rings is 3. The molecule has 3 aromatic rings. The van der Waals surface area contributed by atoms with Gasteiger partial charge in [0.1, 0.15) is 0 Å². The van der Waals surface area contributed by atoms with Gasteiger partial charge in [-0.3, -0.25) is 19.2 Å². The number of aliphatic hydroxyl groups excluding tert-OH is 1. The third kappa shape index (κ3) is 8.28. The first kappa shape index (κ1) is 30.9. The maximum absolute atomic E-state index is 13.6. The number of non-ortho nitro benzene ring substituents is 1. The predicted molar refractivity (Wildman–Crippen MR) is 163 cm³/mol. The zero-order chi connectivity index (χ0) is 30.1. The standard InChI is InChI=1S/C30H37N5O6S/c1-2-32-25-17-24(18-27(19-25)34-13-6-7-14-42(34,40)41)30(37)33-28(16-22-9-4-3-5-10-22)29(36)21-31-20-23-11-8-12-26(15-23)35(38)39/h3-5,8-12,15,17-19,28-29,31-32,36H,2,6-7,13-14,16,20-21H2,1H3,(H,33,37)/t28?,29-/m1/s1. The summed E-state index contributed by atoms with van der Waals surface area (Å²) in [4.78, 5) is 24.2. The molecule has 1 aliphatic heterocycles. The van der Waals surface area contributed by atoms with Crippen LogP contribution in [0.3, 0.4) is 0 Å². The van der Waals surface area contributed by atoms with Crippen LogP contribution < -0.4 is 20.3 Å². The van der Waals surface area contributed by atoms with Gasteiger partial charge in [-0.05, 0) is 55.5 Å². The van der Waals surface area contributed by atoms with Crippen molar-refractivity contribution in [1.82, 2.24) is 10.6 Å². The van der Waals surface area contributed by atoms with E-state index in [1.807, 2.05) is 37.3 Å². The van der Waals surface area contributed by atoms with Crippen LogP contribution in [-0.2, 0) is 23.0 Å². The number of hydrogen-bond acceptors (Lipinski definition) is 8. The molecule has 3 aromatic carbocycles. The lowest BCUT2D eigenvalue weighted by molar-refractivity contribution is -0.384. The van der Waals surface area contributed by atoms with Gasteiger partial charge in [0, 0.05) is 49.6 Å². The van der Waals surface area contributed by atoms with Crippen LogP contribution in [-0.4, -0.2) is 61.9 Å². The Kier molecular flexibility index (Phi) is 10.5. The number of amides is 1. The first-order chi connectivity index (χ1) is 20.2. The van der Waals surface area contributed by atoms with Crippen LogP contribution in [0.25, 0.3) is 0 Å². The number of hydrogen-bond donors (Lipinski definition) is 4. The van der Waals surface area contributed by atoms with Crippen molar-refractivity contribution in [3.05, 3.63) is 99.6 Å². The molecule has 224 valence electrons. The SMILES string of the molecule is CCNc1cc(C(=O)NC(Cc2ccccc2)[C@H](O)CNCc2cccc([N+](=O)[O-])c2)cc(N2CCCCS2(=O)=O)c1. The monoisotopic (exact) mass is 595 g/mol. The maximum Gasteiger partial charge on any atom is 0.269 e. The van der Waals surface area contributed by atoms with Crippen molar-refractivity contribution >= 4 is 33.0 Å². The van der Waals surface area contributed by atoms with Crippen LogP contribution in [0.15, 0.2) is 72.8 Å². The van der Waals surface area contributed by atoms with E-state index in [-0.39, 0.29) is 23.5 Å². The lowest BCUT2D eigenvalue weighted by atomic mass is 10.00. The lowest BCUT2D eigenvalue weighted by Gasteiger charge is -2.29. The van der Waals surface area contributed by atoms with Crippen LogP contribution in [0.2, 0.25) is 0 Å². The Bertz CT molecular complexity index is 1480. The number of rotatable bonds is 13. The van der Waals surface area contributed by atoms with Crippen molar-refractivity contribution in [1.29, 1.82) is 0 Å². The van der Waals surface area contributed by atoms with Crippen molar-refractivity contribution in [3.8, 4) is 0 Å². The molecule has 12 heteroatoms. The van der Waals surface area contributed by atoms with Gasteiger partial charge in [-0.2, -0.15) is 0 Å². The second-order valence-electron chi connectivity index (χ2n) is 10.3. The Morgan fingerprint density at radius 2 is 1.81 bits per heavy atom. The molecule has 42 heavy (non-hydrogen) atoms. The van der Waals surface area contributed by atoms with Gasteiger partial charge < -0.3 is 21.1 Å². The average Bonchev–Trinajstić information content (AvgIpc) is 2.97. The van der Waals surface area contributed by atoms with E-state index in [1.165, 1.54) is 16.4 Å². The van der Waals surface area contributed by atoms with Crippen LogP contribution >= 0.6 is 0 Å². The summed E-state index contributed by atoms with van der Waals surface area (Å²) in [5.74, 6) is -0.377. The molecule has 2 atom stereocenters. The van der Waals surface area contributed by atoms with E-state index >= 15 is 0 Å². The molecule has 1 amide bonds. The van der Waals surface area contributed by atoms with E-state index in [4.69, 9.17) is 0 Å². The Labute approximate surface area is 246 Å². The number of aliphatic hydroxyl groups is 1. The van der Waals surface area contributed by atoms with E-state index in [0.29, 0.717) is 49.4 Å². The highest BCUT2D eigenvalue weighted by Crippen LogP contribution is 2.28. The number of carbonyl (C=O) groups excluding carboxylic acids is 1. The molecule has 0 saturated carbocycles. The molecule has 0 radical (unpaired) electrons. The molecular weight excluding hydrogens is 558 g/mol. The van der Waals surface area contributed by atoms with Crippen LogP contribution in [0.1, 0.15) is 41.3 Å². The summed E-state index contributed by atoms with van der Waals surface area (Å²) in [6, 6.07) is 20.0. The maximum atomic E-state index is 13.6. The fourth-order valence-corrected chi connectivity index (χ4v) is 6.58. The second-order valence-corrected chi connectivity index (χ2v) is 12.3. The van der Waals surface area contributed by atoms with Gasteiger partial charge in [-0.1, -0.05) is 42.5 Å². The molecular formula is C30H37N5O6S. The molecule has 0 aromatic heterocycles. The predicted octanol–water partition coefficient (Wildman–Crippen LogP) is 3.45. The highest BCUT2D eigenvalue weighted by atomic mass is 32.2. The number of sulfonamides is 1. The molecule has 1 aliphatic rings. The third-order valence-corrected chi connectivity index (χ3v) is 8.95. The first-order valence-corrected chi connectivity index (χ1v) is 15.6. The number of nitro benzene ring substituents is 1. The average molecular weight is 596 g/mol. The number of carbonyl (C=O) groups is 1. The van der Waals surface area contributed by atoms with Crippen molar-refractivity contribution in [2.75, 3.05) is 35.0 Å². The van der Waals surface area contributed by atoms with Gasteiger partial charge in [-0.25, -0.2) is 8.42 Å². The summed E-state index contributed by atoms with van der Waals surface area (Å²) in [6.07, 6.45) is 0.701. The Balaban J connectivity index is 1.53. The summed E-state index contributed by atoms with van der Waals surface area (Å²) in [6.45, 7) is 3.27.